The molecular weight excluding hydrogens is 192 g/mol. The highest BCUT2D eigenvalue weighted by molar-refractivity contribution is 4.82. The zero-order chi connectivity index (χ0) is 11.9. The van der Waals surface area contributed by atoms with Gasteiger partial charge in [-0.25, -0.2) is 0 Å². The second kappa shape index (κ2) is 14.5. The van der Waals surface area contributed by atoms with Gasteiger partial charge in [-0.15, -0.1) is 0 Å². The highest BCUT2D eigenvalue weighted by Crippen LogP contribution is 2.08. The van der Waals surface area contributed by atoms with Gasteiger partial charge in [-0.1, -0.05) is 56.9 Å². The van der Waals surface area contributed by atoms with Gasteiger partial charge in [0.2, 0.25) is 0 Å². The normalized spacial score (nSPS) is 11.9. The minimum Gasteiger partial charge on any atom is -0.0885 e. The monoisotopic (exact) mass is 221 g/mol. The molecule has 93 valence electrons. The third kappa shape index (κ3) is 13.5. The van der Waals surface area contributed by atoms with Gasteiger partial charge in [-0.05, 0) is 45.4 Å². The molecular formula is C16H29. The highest BCUT2D eigenvalue weighted by Gasteiger charge is 1.88. The van der Waals surface area contributed by atoms with Gasteiger partial charge in [0.25, 0.3) is 0 Å². The molecule has 0 aliphatic heterocycles. The van der Waals surface area contributed by atoms with Gasteiger partial charge in [-0.3, -0.25) is 0 Å². The summed E-state index contributed by atoms with van der Waals surface area (Å²) in [5.41, 5.74) is 0. The molecule has 0 bridgehead atoms. The van der Waals surface area contributed by atoms with Crippen LogP contribution in [0.3, 0.4) is 0 Å². The Morgan fingerprint density at radius 3 is 1.75 bits per heavy atom. The molecule has 0 aliphatic carbocycles. The predicted octanol–water partition coefficient (Wildman–Crippen LogP) is 5.85. The van der Waals surface area contributed by atoms with Crippen LogP contribution in [0.15, 0.2) is 24.3 Å². The van der Waals surface area contributed by atoms with Crippen molar-refractivity contribution in [2.75, 3.05) is 0 Å². The molecule has 0 N–H and O–H groups in total. The van der Waals surface area contributed by atoms with Gasteiger partial charge in [0, 0.05) is 0 Å². The Morgan fingerprint density at radius 1 is 0.688 bits per heavy atom. The fraction of sp³-hybridized carbons (Fsp3) is 0.688. The molecule has 0 heteroatoms. The van der Waals surface area contributed by atoms with Crippen LogP contribution in [0.4, 0.5) is 0 Å². The maximum Gasteiger partial charge on any atom is -0.0351 e. The van der Waals surface area contributed by atoms with Gasteiger partial charge in [0.05, 0.1) is 0 Å². The fourth-order valence-electron chi connectivity index (χ4n) is 1.69. The van der Waals surface area contributed by atoms with E-state index >= 15 is 0 Å². The van der Waals surface area contributed by atoms with Crippen LogP contribution in [-0.2, 0) is 0 Å². The molecule has 0 heterocycles. The lowest BCUT2D eigenvalue weighted by molar-refractivity contribution is 0.621. The topological polar surface area (TPSA) is 0 Å². The summed E-state index contributed by atoms with van der Waals surface area (Å²) in [5, 5.41) is 0. The van der Waals surface area contributed by atoms with Crippen molar-refractivity contribution in [2.45, 2.75) is 71.1 Å². The van der Waals surface area contributed by atoms with Crippen molar-refractivity contribution in [1.82, 2.24) is 0 Å². The number of allylic oxidation sites excluding steroid dienone is 4. The Bertz CT molecular complexity index is 165. The molecule has 0 saturated carbocycles. The second-order valence-electron chi connectivity index (χ2n) is 4.37. The standard InChI is InChI=1S/C16H29/c1-3-5-7-9-11-13-15-16-14-12-10-8-6-4-2/h5,7-8,10H,1,3-4,6,9,11-16H2,2H3. The van der Waals surface area contributed by atoms with E-state index in [-0.39, 0.29) is 0 Å². The summed E-state index contributed by atoms with van der Waals surface area (Å²) in [6, 6.07) is 0. The van der Waals surface area contributed by atoms with E-state index in [1.54, 1.807) is 0 Å². The van der Waals surface area contributed by atoms with Crippen LogP contribution in [-0.4, -0.2) is 0 Å². The Balaban J connectivity index is 3.01. The molecule has 0 nitrogen and oxygen atoms in total. The molecule has 0 atom stereocenters. The van der Waals surface area contributed by atoms with Crippen molar-refractivity contribution in [3.05, 3.63) is 31.2 Å². The summed E-state index contributed by atoms with van der Waals surface area (Å²) in [6.45, 7) is 6.01. The zero-order valence-electron chi connectivity index (χ0n) is 11.1. The van der Waals surface area contributed by atoms with E-state index in [0.29, 0.717) is 0 Å². The van der Waals surface area contributed by atoms with Crippen molar-refractivity contribution in [3.8, 4) is 0 Å². The van der Waals surface area contributed by atoms with Gasteiger partial charge >= 0.3 is 0 Å². The minimum atomic E-state index is 0.935. The lowest BCUT2D eigenvalue weighted by atomic mass is 10.1. The van der Waals surface area contributed by atoms with Crippen molar-refractivity contribution >= 4 is 0 Å². The quantitative estimate of drug-likeness (QED) is 0.303. The first kappa shape index (κ1) is 15.5. The Hall–Kier alpha value is -0.520. The van der Waals surface area contributed by atoms with Gasteiger partial charge in [-0.2, -0.15) is 0 Å². The number of hydrogen-bond acceptors (Lipinski definition) is 0. The summed E-state index contributed by atoms with van der Waals surface area (Å²) in [6.07, 6.45) is 22.0. The summed E-state index contributed by atoms with van der Waals surface area (Å²) in [4.78, 5) is 0. The van der Waals surface area contributed by atoms with Gasteiger partial charge in [0.1, 0.15) is 0 Å². The van der Waals surface area contributed by atoms with Crippen LogP contribution in [0, 0.1) is 6.92 Å². The molecule has 0 aromatic carbocycles. The number of rotatable bonds is 11. The summed E-state index contributed by atoms with van der Waals surface area (Å²) in [5.74, 6) is 0. The third-order valence-electron chi connectivity index (χ3n) is 2.70. The smallest absolute Gasteiger partial charge is 0.0351 e. The first-order chi connectivity index (χ1) is 7.91. The van der Waals surface area contributed by atoms with E-state index in [4.69, 9.17) is 0 Å². The Morgan fingerprint density at radius 2 is 1.19 bits per heavy atom. The summed E-state index contributed by atoms with van der Waals surface area (Å²) < 4.78 is 0. The lowest BCUT2D eigenvalue weighted by Crippen LogP contribution is -1.78. The lowest BCUT2D eigenvalue weighted by Gasteiger charge is -1.98. The van der Waals surface area contributed by atoms with Crippen LogP contribution in [0.5, 0.6) is 0 Å². The van der Waals surface area contributed by atoms with Crippen LogP contribution < -0.4 is 0 Å². The largest absolute Gasteiger partial charge is 0.0885 e. The van der Waals surface area contributed by atoms with E-state index < -0.39 is 0 Å². The molecule has 0 amide bonds. The SMILES string of the molecule is [CH2]CC=CCCCCCCCC=CCCC. The van der Waals surface area contributed by atoms with Crippen LogP contribution in [0.1, 0.15) is 71.1 Å². The highest BCUT2D eigenvalue weighted by atomic mass is 13.9. The van der Waals surface area contributed by atoms with Crippen LogP contribution in [0.25, 0.3) is 0 Å². The molecule has 0 aromatic rings. The Labute approximate surface area is 103 Å². The van der Waals surface area contributed by atoms with Gasteiger partial charge < -0.3 is 0 Å². The fourth-order valence-corrected chi connectivity index (χ4v) is 1.69. The maximum absolute atomic E-state index is 3.78. The summed E-state index contributed by atoms with van der Waals surface area (Å²) in [7, 11) is 0. The van der Waals surface area contributed by atoms with E-state index in [9.17, 15) is 0 Å². The maximum atomic E-state index is 3.78. The van der Waals surface area contributed by atoms with E-state index in [1.807, 2.05) is 0 Å². The van der Waals surface area contributed by atoms with Crippen LogP contribution in [0.2, 0.25) is 0 Å². The molecule has 1 radical (unpaired) electrons. The van der Waals surface area contributed by atoms with E-state index in [2.05, 4.69) is 38.2 Å². The minimum absolute atomic E-state index is 0.935. The average Bonchev–Trinajstić information content (AvgIpc) is 2.31. The van der Waals surface area contributed by atoms with Crippen molar-refractivity contribution < 1.29 is 0 Å². The van der Waals surface area contributed by atoms with Crippen molar-refractivity contribution in [1.29, 1.82) is 0 Å². The summed E-state index contributed by atoms with van der Waals surface area (Å²) >= 11 is 0. The molecule has 0 spiro atoms. The third-order valence-corrected chi connectivity index (χ3v) is 2.70. The van der Waals surface area contributed by atoms with E-state index in [0.717, 1.165) is 6.42 Å². The van der Waals surface area contributed by atoms with Crippen LogP contribution >= 0.6 is 0 Å². The molecule has 0 aliphatic rings. The molecule has 0 rings (SSSR count). The number of hydrogen-bond donors (Lipinski definition) is 0. The molecule has 0 unspecified atom stereocenters. The Kier molecular flexibility index (Phi) is 14.0. The van der Waals surface area contributed by atoms with E-state index in [1.165, 1.54) is 57.8 Å². The van der Waals surface area contributed by atoms with Crippen molar-refractivity contribution in [3.63, 3.8) is 0 Å². The first-order valence-electron chi connectivity index (χ1n) is 7.01. The molecule has 0 saturated heterocycles. The van der Waals surface area contributed by atoms with Crippen molar-refractivity contribution in [2.24, 2.45) is 0 Å². The zero-order valence-corrected chi connectivity index (χ0v) is 11.1. The predicted molar refractivity (Wildman–Crippen MR) is 75.5 cm³/mol. The second-order valence-corrected chi connectivity index (χ2v) is 4.37. The average molecular weight is 221 g/mol. The molecule has 0 fully saturated rings. The molecule has 0 aromatic heterocycles. The number of unbranched alkanes of at least 4 members (excludes halogenated alkanes) is 7. The van der Waals surface area contributed by atoms with Gasteiger partial charge in [0.15, 0.2) is 0 Å². The first-order valence-corrected chi connectivity index (χ1v) is 7.01. The molecule has 16 heavy (non-hydrogen) atoms.